The monoisotopic (exact) mass is 426 g/mol. The first-order valence-electron chi connectivity index (χ1n) is 8.81. The Morgan fingerprint density at radius 3 is 2.78 bits per heavy atom. The van der Waals surface area contributed by atoms with E-state index in [4.69, 9.17) is 39.5 Å². The normalized spacial score (nSPS) is 12.5. The Morgan fingerprint density at radius 1 is 1.19 bits per heavy atom. The topological polar surface area (TPSA) is 62.8 Å². The molecule has 0 fully saturated rings. The van der Waals surface area contributed by atoms with Gasteiger partial charge in [-0.3, -0.25) is 0 Å². The van der Waals surface area contributed by atoms with Gasteiger partial charge in [-0.25, -0.2) is 9.97 Å². The molecule has 1 aromatic carbocycles. The number of aromatic amines is 1. The van der Waals surface area contributed by atoms with Crippen LogP contribution in [0.2, 0.25) is 15.2 Å². The zero-order valence-corrected chi connectivity index (χ0v) is 17.4. The van der Waals surface area contributed by atoms with Gasteiger partial charge in [0.25, 0.3) is 0 Å². The highest BCUT2D eigenvalue weighted by Gasteiger charge is 2.13. The second-order valence-corrected chi connectivity index (χ2v) is 7.53. The maximum absolute atomic E-state index is 6.24. The molecule has 2 aromatic heterocycles. The average Bonchev–Trinajstić information content (AvgIpc) is 3.04. The zero-order chi connectivity index (χ0) is 19.4. The number of H-pyrrole nitrogens is 1. The van der Waals surface area contributed by atoms with E-state index in [1.807, 2.05) is 19.1 Å². The lowest BCUT2D eigenvalue weighted by molar-refractivity contribution is 0.335. The van der Waals surface area contributed by atoms with Crippen LogP contribution in [-0.2, 0) is 6.54 Å². The van der Waals surface area contributed by atoms with Crippen molar-refractivity contribution >= 4 is 46.0 Å². The van der Waals surface area contributed by atoms with Crippen LogP contribution in [0, 0.1) is 0 Å². The van der Waals surface area contributed by atoms with Crippen molar-refractivity contribution in [1.29, 1.82) is 0 Å². The first kappa shape index (κ1) is 20.2. The highest BCUT2D eigenvalue weighted by atomic mass is 35.5. The molecule has 0 aliphatic carbocycles. The highest BCUT2D eigenvalue weighted by molar-refractivity contribution is 6.35. The van der Waals surface area contributed by atoms with Crippen LogP contribution in [0.15, 0.2) is 24.3 Å². The Hall–Kier alpha value is -1.53. The fourth-order valence-electron chi connectivity index (χ4n) is 2.85. The minimum Gasteiger partial charge on any atom is -0.492 e. The molecule has 2 N–H and O–H groups in total. The summed E-state index contributed by atoms with van der Waals surface area (Å²) in [4.78, 5) is 12.1. The van der Waals surface area contributed by atoms with Crippen molar-refractivity contribution in [1.82, 2.24) is 20.3 Å². The van der Waals surface area contributed by atoms with Gasteiger partial charge in [0, 0.05) is 23.0 Å². The van der Waals surface area contributed by atoms with Crippen molar-refractivity contribution in [3.05, 3.63) is 50.9 Å². The minimum absolute atomic E-state index is 0.250. The van der Waals surface area contributed by atoms with Crippen LogP contribution in [0.5, 0.6) is 5.75 Å². The maximum atomic E-state index is 6.24. The van der Waals surface area contributed by atoms with Crippen LogP contribution in [0.1, 0.15) is 37.6 Å². The lowest BCUT2D eigenvalue weighted by atomic mass is 10.1. The van der Waals surface area contributed by atoms with Gasteiger partial charge in [-0.2, -0.15) is 0 Å². The van der Waals surface area contributed by atoms with Crippen LogP contribution in [0.4, 0.5) is 0 Å². The van der Waals surface area contributed by atoms with Crippen LogP contribution in [-0.4, -0.2) is 28.1 Å². The van der Waals surface area contributed by atoms with E-state index in [-0.39, 0.29) is 5.92 Å². The summed E-state index contributed by atoms with van der Waals surface area (Å²) in [6.07, 6.45) is 0.909. The quantitative estimate of drug-likeness (QED) is 0.363. The van der Waals surface area contributed by atoms with Gasteiger partial charge in [0.2, 0.25) is 0 Å². The van der Waals surface area contributed by atoms with Crippen LogP contribution in [0.25, 0.3) is 11.2 Å². The van der Waals surface area contributed by atoms with Crippen molar-refractivity contribution in [3.63, 3.8) is 0 Å². The molecular formula is C19H21Cl3N4O. The molecule has 3 aromatic rings. The molecule has 0 unspecified atom stereocenters. The molecule has 1 atom stereocenters. The smallest absolute Gasteiger partial charge is 0.159 e. The Balaban J connectivity index is 1.58. The Kier molecular flexibility index (Phi) is 6.82. The second-order valence-electron chi connectivity index (χ2n) is 6.30. The van der Waals surface area contributed by atoms with E-state index in [2.05, 4.69) is 27.2 Å². The first-order valence-corrected chi connectivity index (χ1v) is 9.95. The number of aromatic nitrogens is 3. The number of pyridine rings is 1. The molecule has 2 heterocycles. The predicted octanol–water partition coefficient (Wildman–Crippen LogP) is 5.60. The van der Waals surface area contributed by atoms with Crippen molar-refractivity contribution in [2.24, 2.45) is 0 Å². The summed E-state index contributed by atoms with van der Waals surface area (Å²) < 4.78 is 5.65. The molecule has 0 bridgehead atoms. The Labute approximate surface area is 173 Å². The fourth-order valence-corrected chi connectivity index (χ4v) is 3.59. The number of benzene rings is 1. The SMILES string of the molecule is CCOc1c(Cl)cc(Cl)cc1CNCC[C@@H](C)c1nc2ccc(Cl)nc2[nH]1. The summed E-state index contributed by atoms with van der Waals surface area (Å²) in [6.45, 7) is 6.04. The summed E-state index contributed by atoms with van der Waals surface area (Å²) in [5.41, 5.74) is 2.49. The molecule has 0 aliphatic rings. The minimum atomic E-state index is 0.250. The Bertz CT molecular complexity index is 929. The number of nitrogens with zero attached hydrogens (tertiary/aromatic N) is 2. The third-order valence-corrected chi connectivity index (χ3v) is 4.95. The summed E-state index contributed by atoms with van der Waals surface area (Å²) in [5.74, 6) is 1.84. The second kappa shape index (κ2) is 9.11. The fraction of sp³-hybridized carbons (Fsp3) is 0.368. The molecule has 3 rings (SSSR count). The van der Waals surface area contributed by atoms with E-state index in [1.165, 1.54) is 0 Å². The van der Waals surface area contributed by atoms with Gasteiger partial charge < -0.3 is 15.0 Å². The average molecular weight is 428 g/mol. The summed E-state index contributed by atoms with van der Waals surface area (Å²) in [7, 11) is 0. The number of ether oxygens (including phenoxy) is 1. The van der Waals surface area contributed by atoms with Gasteiger partial charge in [-0.1, -0.05) is 41.7 Å². The lowest BCUT2D eigenvalue weighted by Gasteiger charge is -2.14. The third kappa shape index (κ3) is 5.05. The van der Waals surface area contributed by atoms with Crippen molar-refractivity contribution in [2.45, 2.75) is 32.7 Å². The number of hydrogen-bond donors (Lipinski definition) is 2. The van der Waals surface area contributed by atoms with E-state index in [9.17, 15) is 0 Å². The first-order chi connectivity index (χ1) is 13.0. The molecule has 0 amide bonds. The van der Waals surface area contributed by atoms with Crippen molar-refractivity contribution < 1.29 is 4.74 Å². The number of imidazole rings is 1. The number of nitrogens with one attached hydrogen (secondary N) is 2. The van der Waals surface area contributed by atoms with Crippen molar-refractivity contribution in [2.75, 3.05) is 13.2 Å². The van der Waals surface area contributed by atoms with E-state index in [0.717, 1.165) is 29.9 Å². The zero-order valence-electron chi connectivity index (χ0n) is 15.2. The van der Waals surface area contributed by atoms with Crippen LogP contribution < -0.4 is 10.1 Å². The van der Waals surface area contributed by atoms with Gasteiger partial charge in [0.15, 0.2) is 5.65 Å². The standard InChI is InChI=1S/C19H21Cl3N4O/c1-3-27-17-12(8-13(20)9-14(17)21)10-23-7-6-11(2)18-24-15-4-5-16(22)25-19(15)26-18/h4-5,8-9,11,23H,3,6-7,10H2,1-2H3,(H,24,25,26)/t11-/m1/s1. The molecule has 8 heteroatoms. The van der Waals surface area contributed by atoms with Gasteiger partial charge in [-0.05, 0) is 44.2 Å². The molecular weight excluding hydrogens is 407 g/mol. The van der Waals surface area contributed by atoms with E-state index >= 15 is 0 Å². The van der Waals surface area contributed by atoms with Gasteiger partial charge in [-0.15, -0.1) is 0 Å². The molecule has 0 aliphatic heterocycles. The molecule has 0 saturated carbocycles. The van der Waals surface area contributed by atoms with Crippen LogP contribution >= 0.6 is 34.8 Å². The molecule has 0 saturated heterocycles. The third-order valence-electron chi connectivity index (χ3n) is 4.24. The predicted molar refractivity (Wildman–Crippen MR) is 111 cm³/mol. The molecule has 5 nitrogen and oxygen atoms in total. The van der Waals surface area contributed by atoms with Crippen molar-refractivity contribution in [3.8, 4) is 5.75 Å². The largest absolute Gasteiger partial charge is 0.492 e. The summed E-state index contributed by atoms with van der Waals surface area (Å²) in [5, 5.41) is 5.01. The maximum Gasteiger partial charge on any atom is 0.159 e. The number of fused-ring (bicyclic) bond motifs is 1. The molecule has 144 valence electrons. The number of rotatable bonds is 8. The van der Waals surface area contributed by atoms with E-state index in [0.29, 0.717) is 39.7 Å². The lowest BCUT2D eigenvalue weighted by Crippen LogP contribution is -2.17. The van der Waals surface area contributed by atoms with Gasteiger partial charge in [0.05, 0.1) is 11.6 Å². The van der Waals surface area contributed by atoms with Crippen LogP contribution in [0.3, 0.4) is 0 Å². The molecule has 0 spiro atoms. The molecule has 0 radical (unpaired) electrons. The summed E-state index contributed by atoms with van der Waals surface area (Å²) in [6, 6.07) is 7.19. The summed E-state index contributed by atoms with van der Waals surface area (Å²) >= 11 is 18.3. The number of halogens is 3. The molecule has 27 heavy (non-hydrogen) atoms. The van der Waals surface area contributed by atoms with Gasteiger partial charge >= 0.3 is 0 Å². The number of hydrogen-bond acceptors (Lipinski definition) is 4. The van der Waals surface area contributed by atoms with Gasteiger partial charge in [0.1, 0.15) is 22.2 Å². The highest BCUT2D eigenvalue weighted by Crippen LogP contribution is 2.32. The van der Waals surface area contributed by atoms with E-state index in [1.54, 1.807) is 12.1 Å². The Morgan fingerprint density at radius 2 is 2.00 bits per heavy atom. The van der Waals surface area contributed by atoms with E-state index < -0.39 is 0 Å².